The maximum Gasteiger partial charge on any atom is 0.416 e. The van der Waals surface area contributed by atoms with Crippen LogP contribution in [0.15, 0.2) is 85.0 Å². The molecule has 0 saturated carbocycles. The molecular formula is C35H36ClF6N3O2. The third kappa shape index (κ3) is 11.0. The lowest BCUT2D eigenvalue weighted by molar-refractivity contribution is -0.143. The summed E-state index contributed by atoms with van der Waals surface area (Å²) in [6.07, 6.45) is -1.98. The topological polar surface area (TPSA) is 75.4 Å². The summed E-state index contributed by atoms with van der Waals surface area (Å²) >= 11 is 5.87. The first kappa shape index (κ1) is 37.4. The van der Waals surface area contributed by atoms with Gasteiger partial charge in [0.25, 0.3) is 5.91 Å². The summed E-state index contributed by atoms with van der Waals surface area (Å²) in [5.74, 6) is -1.24. The van der Waals surface area contributed by atoms with Crippen LogP contribution in [-0.2, 0) is 23.6 Å². The van der Waals surface area contributed by atoms with E-state index >= 15 is 0 Å². The number of nitrogens with one attached hydrogen (secondary N) is 1. The van der Waals surface area contributed by atoms with Gasteiger partial charge < -0.3 is 16.0 Å². The lowest BCUT2D eigenvalue weighted by Crippen LogP contribution is -2.45. The smallest absolute Gasteiger partial charge is 0.366 e. The molecule has 1 heterocycles. The summed E-state index contributed by atoms with van der Waals surface area (Å²) < 4.78 is 78.8. The molecule has 3 N–H and O–H groups in total. The Labute approximate surface area is 275 Å². The Morgan fingerprint density at radius 1 is 0.957 bits per heavy atom. The van der Waals surface area contributed by atoms with Gasteiger partial charge in [-0.1, -0.05) is 60.2 Å². The van der Waals surface area contributed by atoms with Crippen molar-refractivity contribution in [2.75, 3.05) is 20.1 Å². The van der Waals surface area contributed by atoms with Gasteiger partial charge in [-0.05, 0) is 92.8 Å². The Morgan fingerprint density at radius 2 is 1.57 bits per heavy atom. The number of amides is 2. The number of hydrogen-bond donors (Lipinski definition) is 2. The first-order valence-electron chi connectivity index (χ1n) is 14.8. The second-order valence-corrected chi connectivity index (χ2v) is 11.5. The van der Waals surface area contributed by atoms with Gasteiger partial charge in [-0.25, -0.2) is 0 Å². The highest BCUT2D eigenvalue weighted by Gasteiger charge is 2.38. The number of benzene rings is 3. The van der Waals surface area contributed by atoms with Crippen molar-refractivity contribution < 1.29 is 35.9 Å². The van der Waals surface area contributed by atoms with Gasteiger partial charge in [0.05, 0.1) is 11.1 Å². The zero-order valence-corrected chi connectivity index (χ0v) is 26.6. The van der Waals surface area contributed by atoms with Crippen molar-refractivity contribution in [1.82, 2.24) is 10.2 Å². The van der Waals surface area contributed by atoms with Crippen LogP contribution in [0.4, 0.5) is 26.3 Å². The Hall–Kier alpha value is -4.09. The summed E-state index contributed by atoms with van der Waals surface area (Å²) in [4.78, 5) is 25.8. The lowest BCUT2D eigenvalue weighted by atomic mass is 9.94. The molecule has 0 spiro atoms. The fraction of sp³-hybridized carbons (Fsp3) is 0.314. The molecule has 1 aliphatic rings. The molecule has 1 saturated heterocycles. The van der Waals surface area contributed by atoms with Crippen LogP contribution in [0.3, 0.4) is 0 Å². The second kappa shape index (κ2) is 16.6. The van der Waals surface area contributed by atoms with Crippen molar-refractivity contribution in [3.8, 4) is 0 Å². The van der Waals surface area contributed by atoms with Gasteiger partial charge in [0, 0.05) is 35.3 Å². The van der Waals surface area contributed by atoms with Crippen LogP contribution in [0.5, 0.6) is 0 Å². The van der Waals surface area contributed by atoms with Crippen molar-refractivity contribution in [3.63, 3.8) is 0 Å². The van der Waals surface area contributed by atoms with Crippen LogP contribution in [0, 0.1) is 6.92 Å². The third-order valence-corrected chi connectivity index (χ3v) is 7.78. The fourth-order valence-electron chi connectivity index (χ4n) is 5.15. The normalized spacial score (nSPS) is 15.7. The standard InChI is InChI=1S/C21H18ClF6NO.C14H18N2O/c22-17-6-4-13(5-7-17)9-18-3-1-2-8-29(18)19(30)14-10-15(20(23,24)25)12-16(11-14)21(26,27)28;1-11-7-3-4-8-12(11)13(14(15)17)9-5-6-10-16-2/h4-7,10-12,18H,1-3,8-9H2;3-9,16H,10H2,1-2H3,(H2,15,17)/b;6-5+,13-9+. The molecule has 12 heteroatoms. The monoisotopic (exact) mass is 679 g/mol. The maximum absolute atomic E-state index is 13.1. The van der Waals surface area contributed by atoms with Crippen LogP contribution < -0.4 is 11.1 Å². The largest absolute Gasteiger partial charge is 0.416 e. The molecule has 252 valence electrons. The van der Waals surface area contributed by atoms with Crippen molar-refractivity contribution in [3.05, 3.63) is 123 Å². The molecule has 0 aromatic heterocycles. The minimum atomic E-state index is -5.00. The fourth-order valence-corrected chi connectivity index (χ4v) is 5.27. The molecule has 5 nitrogen and oxygen atoms in total. The van der Waals surface area contributed by atoms with Gasteiger partial charge in [0.1, 0.15) is 0 Å². The van der Waals surface area contributed by atoms with E-state index < -0.39 is 40.9 Å². The molecule has 0 bridgehead atoms. The van der Waals surface area contributed by atoms with Crippen LogP contribution in [-0.4, -0.2) is 42.9 Å². The highest BCUT2D eigenvalue weighted by Crippen LogP contribution is 2.37. The maximum atomic E-state index is 13.1. The molecule has 0 aliphatic carbocycles. The van der Waals surface area contributed by atoms with Gasteiger partial charge in [-0.3, -0.25) is 9.59 Å². The van der Waals surface area contributed by atoms with Gasteiger partial charge in [0.15, 0.2) is 0 Å². The highest BCUT2D eigenvalue weighted by atomic mass is 35.5. The number of primary amides is 1. The quantitative estimate of drug-likeness (QED) is 0.143. The molecule has 1 aliphatic heterocycles. The molecule has 3 aromatic rings. The first-order chi connectivity index (χ1) is 22.1. The number of carbonyl (C=O) groups excluding carboxylic acids is 2. The van der Waals surface area contributed by atoms with E-state index in [0.717, 1.165) is 29.7 Å². The van der Waals surface area contributed by atoms with Gasteiger partial charge >= 0.3 is 12.4 Å². The molecule has 1 fully saturated rings. The SMILES string of the molecule is CNC/C=C/C=C(/C(N)=O)c1ccccc1C.O=C(c1cc(C(F)(F)F)cc(C(F)(F)F)c1)N1CCCCC1Cc1ccc(Cl)cc1. The average Bonchev–Trinajstić information content (AvgIpc) is 3.02. The number of halogens is 7. The summed E-state index contributed by atoms with van der Waals surface area (Å²) in [6, 6.07) is 15.3. The van der Waals surface area contributed by atoms with Crippen LogP contribution in [0.25, 0.3) is 5.57 Å². The molecule has 4 rings (SSSR count). The van der Waals surface area contributed by atoms with Crippen molar-refractivity contribution in [2.45, 2.75) is 51.0 Å². The van der Waals surface area contributed by atoms with E-state index in [9.17, 15) is 35.9 Å². The zero-order chi connectivity index (χ0) is 34.8. The highest BCUT2D eigenvalue weighted by molar-refractivity contribution is 6.30. The second-order valence-electron chi connectivity index (χ2n) is 11.0. The number of alkyl halides is 6. The number of nitrogens with zero attached hydrogens (tertiary/aromatic N) is 1. The van der Waals surface area contributed by atoms with Crippen LogP contribution in [0.1, 0.15) is 57.4 Å². The molecule has 1 atom stereocenters. The minimum absolute atomic E-state index is 0.0260. The molecule has 2 amide bonds. The van der Waals surface area contributed by atoms with Gasteiger partial charge in [0.2, 0.25) is 5.91 Å². The molecule has 0 radical (unpaired) electrons. The van der Waals surface area contributed by atoms with E-state index in [0.29, 0.717) is 42.0 Å². The summed E-state index contributed by atoms with van der Waals surface area (Å²) in [6.45, 7) is 2.99. The Bertz CT molecular complexity index is 1550. The lowest BCUT2D eigenvalue weighted by Gasteiger charge is -2.36. The van der Waals surface area contributed by atoms with Crippen LogP contribution in [0.2, 0.25) is 5.02 Å². The predicted octanol–water partition coefficient (Wildman–Crippen LogP) is 8.25. The number of hydrogen-bond acceptors (Lipinski definition) is 3. The zero-order valence-electron chi connectivity index (χ0n) is 25.9. The summed E-state index contributed by atoms with van der Waals surface area (Å²) in [5, 5.41) is 3.53. The van der Waals surface area contributed by atoms with E-state index in [1.54, 1.807) is 30.3 Å². The molecular weight excluding hydrogens is 644 g/mol. The Morgan fingerprint density at radius 3 is 2.13 bits per heavy atom. The van der Waals surface area contributed by atoms with E-state index in [-0.39, 0.29) is 18.7 Å². The van der Waals surface area contributed by atoms with Crippen molar-refractivity contribution in [1.29, 1.82) is 0 Å². The average molecular weight is 680 g/mol. The first-order valence-corrected chi connectivity index (χ1v) is 15.2. The number of likely N-dealkylation sites (tertiary alicyclic amines) is 1. The Balaban J connectivity index is 0.000000300. The minimum Gasteiger partial charge on any atom is -0.366 e. The van der Waals surface area contributed by atoms with E-state index in [2.05, 4.69) is 5.32 Å². The number of allylic oxidation sites excluding steroid dienone is 2. The number of aryl methyl sites for hydroxylation is 1. The molecule has 1 unspecified atom stereocenters. The number of piperidine rings is 1. The van der Waals surface area contributed by atoms with Gasteiger partial charge in [-0.2, -0.15) is 26.3 Å². The number of rotatable bonds is 8. The van der Waals surface area contributed by atoms with E-state index in [4.69, 9.17) is 17.3 Å². The molecule has 3 aromatic carbocycles. The molecule has 47 heavy (non-hydrogen) atoms. The van der Waals surface area contributed by atoms with E-state index in [1.165, 1.54) is 4.90 Å². The van der Waals surface area contributed by atoms with Crippen molar-refractivity contribution in [2.24, 2.45) is 5.73 Å². The number of nitrogens with two attached hydrogens (primary N) is 1. The summed E-state index contributed by atoms with van der Waals surface area (Å²) in [5.41, 5.74) is 5.14. The van der Waals surface area contributed by atoms with Gasteiger partial charge in [-0.15, -0.1) is 0 Å². The van der Waals surface area contributed by atoms with Crippen LogP contribution >= 0.6 is 11.6 Å². The third-order valence-electron chi connectivity index (χ3n) is 7.53. The van der Waals surface area contributed by atoms with E-state index in [1.807, 2.05) is 50.4 Å². The Kier molecular flexibility index (Phi) is 13.2. The van der Waals surface area contributed by atoms with Crippen molar-refractivity contribution >= 4 is 29.0 Å². The number of likely N-dealkylation sites (N-methyl/N-ethyl adjacent to an activating group) is 1. The predicted molar refractivity (Wildman–Crippen MR) is 172 cm³/mol. The number of carbonyl (C=O) groups is 2. The summed E-state index contributed by atoms with van der Waals surface area (Å²) in [7, 11) is 1.87.